The summed E-state index contributed by atoms with van der Waals surface area (Å²) in [5.41, 5.74) is 1.36. The van der Waals surface area contributed by atoms with Gasteiger partial charge in [-0.25, -0.2) is 0 Å². The standard InChI is InChI=1S/C12H22N2.C8H18.C2H6/c1-4-7-12(5-2)14-10-8-13(6-3)9-11-14;1-4-5-6-7-8(2)3;1-2/h4-5,7H,6,8-11H2,1-3H3;8H,4-7H2,1-3H3;1-2H3/b7-4-,12-5+;;. The van der Waals surface area contributed by atoms with Crippen molar-refractivity contribution < 1.29 is 0 Å². The van der Waals surface area contributed by atoms with E-state index in [2.05, 4.69) is 69.6 Å². The first-order chi connectivity index (χ1) is 11.6. The summed E-state index contributed by atoms with van der Waals surface area (Å²) in [4.78, 5) is 4.96. The molecule has 0 spiro atoms. The highest BCUT2D eigenvalue weighted by Gasteiger charge is 2.15. The van der Waals surface area contributed by atoms with Crippen LogP contribution in [-0.4, -0.2) is 42.5 Å². The van der Waals surface area contributed by atoms with Gasteiger partial charge in [0.25, 0.3) is 0 Å². The molecular formula is C22H46N2. The van der Waals surface area contributed by atoms with E-state index in [0.29, 0.717) is 0 Å². The van der Waals surface area contributed by atoms with Crippen LogP contribution in [0.3, 0.4) is 0 Å². The van der Waals surface area contributed by atoms with E-state index in [9.17, 15) is 0 Å². The van der Waals surface area contributed by atoms with E-state index < -0.39 is 0 Å². The van der Waals surface area contributed by atoms with Crippen molar-refractivity contribution in [2.45, 2.75) is 81.1 Å². The third-order valence-electron chi connectivity index (χ3n) is 4.20. The summed E-state index contributed by atoms with van der Waals surface area (Å²) in [7, 11) is 0. The smallest absolute Gasteiger partial charge is 0.0320 e. The van der Waals surface area contributed by atoms with Gasteiger partial charge in [0.2, 0.25) is 0 Å². The largest absolute Gasteiger partial charge is 0.369 e. The van der Waals surface area contributed by atoms with Crippen molar-refractivity contribution in [3.63, 3.8) is 0 Å². The summed E-state index contributed by atoms with van der Waals surface area (Å²) in [6.07, 6.45) is 12.1. The lowest BCUT2D eigenvalue weighted by Crippen LogP contribution is -2.45. The molecule has 24 heavy (non-hydrogen) atoms. The number of piperazine rings is 1. The quantitative estimate of drug-likeness (QED) is 0.394. The summed E-state index contributed by atoms with van der Waals surface area (Å²) >= 11 is 0. The third-order valence-corrected chi connectivity index (χ3v) is 4.20. The third kappa shape index (κ3) is 13.7. The predicted molar refractivity (Wildman–Crippen MR) is 113 cm³/mol. The fourth-order valence-electron chi connectivity index (χ4n) is 2.68. The summed E-state index contributed by atoms with van der Waals surface area (Å²) in [5.74, 6) is 0.904. The normalized spacial score (nSPS) is 15.9. The Hall–Kier alpha value is -0.760. The van der Waals surface area contributed by atoms with Gasteiger partial charge in [-0.05, 0) is 32.4 Å². The SMILES string of the molecule is C/C=C\C(=C/C)N1CCN(CC)CC1.CC.CCCCCC(C)C. The molecule has 1 rings (SSSR count). The molecule has 144 valence electrons. The van der Waals surface area contributed by atoms with Gasteiger partial charge in [0.15, 0.2) is 0 Å². The van der Waals surface area contributed by atoms with Crippen molar-refractivity contribution in [1.29, 1.82) is 0 Å². The first kappa shape index (κ1) is 25.5. The zero-order valence-electron chi connectivity index (χ0n) is 18.1. The van der Waals surface area contributed by atoms with Crippen LogP contribution in [0.2, 0.25) is 0 Å². The Kier molecular flexibility index (Phi) is 19.7. The molecule has 2 heteroatoms. The maximum Gasteiger partial charge on any atom is 0.0320 e. The van der Waals surface area contributed by atoms with Crippen LogP contribution in [0, 0.1) is 5.92 Å². The van der Waals surface area contributed by atoms with Gasteiger partial charge in [0.05, 0.1) is 0 Å². The number of allylic oxidation sites excluding steroid dienone is 3. The molecule has 0 aromatic carbocycles. The first-order valence-electron chi connectivity index (χ1n) is 10.3. The van der Waals surface area contributed by atoms with E-state index in [0.717, 1.165) is 19.0 Å². The van der Waals surface area contributed by atoms with Gasteiger partial charge in [-0.2, -0.15) is 0 Å². The second-order valence-corrected chi connectivity index (χ2v) is 6.52. The van der Waals surface area contributed by atoms with E-state index in [1.54, 1.807) is 0 Å². The van der Waals surface area contributed by atoms with Crippen LogP contribution >= 0.6 is 0 Å². The number of hydrogen-bond acceptors (Lipinski definition) is 2. The second kappa shape index (κ2) is 18.6. The summed E-state index contributed by atoms with van der Waals surface area (Å²) in [6, 6.07) is 0. The molecular weight excluding hydrogens is 292 g/mol. The van der Waals surface area contributed by atoms with Crippen LogP contribution in [0.1, 0.15) is 81.1 Å². The molecule has 0 radical (unpaired) electrons. The van der Waals surface area contributed by atoms with Crippen molar-refractivity contribution in [2.75, 3.05) is 32.7 Å². The molecule has 1 aliphatic heterocycles. The molecule has 0 aliphatic carbocycles. The van der Waals surface area contributed by atoms with Gasteiger partial charge >= 0.3 is 0 Å². The number of nitrogens with zero attached hydrogens (tertiary/aromatic N) is 2. The number of rotatable bonds is 7. The van der Waals surface area contributed by atoms with Crippen LogP contribution in [0.4, 0.5) is 0 Å². The molecule has 0 amide bonds. The van der Waals surface area contributed by atoms with Crippen LogP contribution in [0.15, 0.2) is 23.9 Å². The molecule has 1 saturated heterocycles. The topological polar surface area (TPSA) is 6.48 Å². The maximum atomic E-state index is 2.50. The van der Waals surface area contributed by atoms with Crippen molar-refractivity contribution in [3.05, 3.63) is 23.9 Å². The monoisotopic (exact) mass is 338 g/mol. The fraction of sp³-hybridized carbons (Fsp3) is 0.818. The molecule has 0 saturated carbocycles. The Morgan fingerprint density at radius 1 is 0.958 bits per heavy atom. The Bertz CT molecular complexity index is 297. The molecule has 1 heterocycles. The van der Waals surface area contributed by atoms with Crippen LogP contribution in [0.25, 0.3) is 0 Å². The minimum atomic E-state index is 0.904. The fourth-order valence-corrected chi connectivity index (χ4v) is 2.68. The van der Waals surface area contributed by atoms with Crippen molar-refractivity contribution in [1.82, 2.24) is 9.80 Å². The molecule has 1 fully saturated rings. The average molecular weight is 339 g/mol. The minimum Gasteiger partial charge on any atom is -0.369 e. The second-order valence-electron chi connectivity index (χ2n) is 6.52. The molecule has 0 unspecified atom stereocenters. The molecule has 0 atom stereocenters. The lowest BCUT2D eigenvalue weighted by atomic mass is 10.1. The highest BCUT2D eigenvalue weighted by Crippen LogP contribution is 2.10. The van der Waals surface area contributed by atoms with Crippen molar-refractivity contribution in [3.8, 4) is 0 Å². The van der Waals surface area contributed by atoms with Crippen LogP contribution in [0.5, 0.6) is 0 Å². The van der Waals surface area contributed by atoms with E-state index in [4.69, 9.17) is 0 Å². The van der Waals surface area contributed by atoms with Gasteiger partial charge in [-0.15, -0.1) is 0 Å². The number of unbranched alkanes of at least 4 members (excludes halogenated alkanes) is 2. The van der Waals surface area contributed by atoms with Gasteiger partial charge in [-0.1, -0.05) is 79.4 Å². The summed E-state index contributed by atoms with van der Waals surface area (Å²) < 4.78 is 0. The Morgan fingerprint density at radius 3 is 1.92 bits per heavy atom. The lowest BCUT2D eigenvalue weighted by Gasteiger charge is -2.36. The molecule has 2 nitrogen and oxygen atoms in total. The van der Waals surface area contributed by atoms with Crippen LogP contribution < -0.4 is 0 Å². The lowest BCUT2D eigenvalue weighted by molar-refractivity contribution is 0.168. The van der Waals surface area contributed by atoms with Gasteiger partial charge in [-0.3, -0.25) is 0 Å². The first-order valence-corrected chi connectivity index (χ1v) is 10.3. The van der Waals surface area contributed by atoms with Crippen molar-refractivity contribution >= 4 is 0 Å². The van der Waals surface area contributed by atoms with Crippen molar-refractivity contribution in [2.24, 2.45) is 5.92 Å². The molecule has 0 bridgehead atoms. The summed E-state index contributed by atoms with van der Waals surface area (Å²) in [6.45, 7) is 23.2. The average Bonchev–Trinajstić information content (AvgIpc) is 2.62. The van der Waals surface area contributed by atoms with E-state index >= 15 is 0 Å². The zero-order valence-corrected chi connectivity index (χ0v) is 18.1. The number of likely N-dealkylation sites (N-methyl/N-ethyl adjacent to an activating group) is 1. The highest BCUT2D eigenvalue weighted by molar-refractivity contribution is 5.16. The molecule has 0 aromatic rings. The zero-order chi connectivity index (χ0) is 18.8. The summed E-state index contributed by atoms with van der Waals surface area (Å²) in [5, 5.41) is 0. The van der Waals surface area contributed by atoms with E-state index in [1.807, 2.05) is 13.8 Å². The minimum absolute atomic E-state index is 0.904. The Labute approximate surface area is 154 Å². The number of hydrogen-bond donors (Lipinski definition) is 0. The molecule has 0 N–H and O–H groups in total. The van der Waals surface area contributed by atoms with E-state index in [-0.39, 0.29) is 0 Å². The Balaban J connectivity index is 0. The maximum absolute atomic E-state index is 2.50. The van der Waals surface area contributed by atoms with E-state index in [1.165, 1.54) is 51.0 Å². The molecule has 0 aromatic heterocycles. The van der Waals surface area contributed by atoms with Gasteiger partial charge < -0.3 is 9.80 Å². The predicted octanol–water partition coefficient (Wildman–Crippen LogP) is 6.35. The van der Waals surface area contributed by atoms with Crippen LogP contribution in [-0.2, 0) is 0 Å². The Morgan fingerprint density at radius 2 is 1.54 bits per heavy atom. The van der Waals surface area contributed by atoms with Gasteiger partial charge in [0.1, 0.15) is 0 Å². The van der Waals surface area contributed by atoms with Gasteiger partial charge in [0, 0.05) is 31.9 Å². The molecule has 1 aliphatic rings. The highest BCUT2D eigenvalue weighted by atomic mass is 15.3.